The van der Waals surface area contributed by atoms with Gasteiger partial charge in [0.05, 0.1) is 11.7 Å². The molecule has 2 rings (SSSR count). The lowest BCUT2D eigenvalue weighted by Crippen LogP contribution is -2.14. The third-order valence-corrected chi connectivity index (χ3v) is 3.55. The first-order chi connectivity index (χ1) is 9.72. The highest BCUT2D eigenvalue weighted by Gasteiger charge is 2.07. The first kappa shape index (κ1) is 14.6. The van der Waals surface area contributed by atoms with Gasteiger partial charge in [-0.2, -0.15) is 5.10 Å². The molecule has 4 nitrogen and oxygen atoms in total. The number of nitrogens with one attached hydrogen (secondary N) is 1. The topological polar surface area (TPSA) is 50.1 Å². The minimum Gasteiger partial charge on any atom is -0.508 e. The molecule has 0 aliphatic carbocycles. The summed E-state index contributed by atoms with van der Waals surface area (Å²) in [6.45, 7) is 5.92. The molecule has 108 valence electrons. The van der Waals surface area contributed by atoms with E-state index in [2.05, 4.69) is 41.2 Å². The number of benzene rings is 1. The van der Waals surface area contributed by atoms with Gasteiger partial charge in [0.25, 0.3) is 0 Å². The first-order valence-corrected chi connectivity index (χ1v) is 7.25. The third-order valence-electron chi connectivity index (χ3n) is 3.55. The smallest absolute Gasteiger partial charge is 0.115 e. The van der Waals surface area contributed by atoms with Gasteiger partial charge in [-0.05, 0) is 36.6 Å². The van der Waals surface area contributed by atoms with Crippen LogP contribution in [-0.4, -0.2) is 14.9 Å². The van der Waals surface area contributed by atoms with Crippen molar-refractivity contribution in [1.82, 2.24) is 15.1 Å². The molecule has 0 saturated carbocycles. The van der Waals surface area contributed by atoms with Gasteiger partial charge in [0.15, 0.2) is 0 Å². The molecule has 20 heavy (non-hydrogen) atoms. The second kappa shape index (κ2) is 7.10. The highest BCUT2D eigenvalue weighted by Crippen LogP contribution is 2.14. The molecule has 0 atom stereocenters. The van der Waals surface area contributed by atoms with Crippen molar-refractivity contribution in [1.29, 1.82) is 0 Å². The molecule has 0 aliphatic rings. The fourth-order valence-electron chi connectivity index (χ4n) is 2.29. The molecule has 1 aromatic carbocycles. The molecule has 0 fully saturated rings. The molecule has 1 heterocycles. The summed E-state index contributed by atoms with van der Waals surface area (Å²) in [6, 6.07) is 9.83. The van der Waals surface area contributed by atoms with E-state index in [1.165, 1.54) is 0 Å². The van der Waals surface area contributed by atoms with Gasteiger partial charge in [-0.15, -0.1) is 0 Å². The van der Waals surface area contributed by atoms with Gasteiger partial charge >= 0.3 is 0 Å². The SMILES string of the molecule is CCC(CC)n1ccc(CNCc2ccc(O)cc2)n1. The lowest BCUT2D eigenvalue weighted by atomic mass is 10.2. The number of rotatable bonds is 7. The Morgan fingerprint density at radius 1 is 1.10 bits per heavy atom. The number of hydrogen-bond acceptors (Lipinski definition) is 3. The van der Waals surface area contributed by atoms with Crippen LogP contribution in [0.15, 0.2) is 36.5 Å². The van der Waals surface area contributed by atoms with Crippen LogP contribution in [0.2, 0.25) is 0 Å². The van der Waals surface area contributed by atoms with Crippen molar-refractivity contribution in [3.63, 3.8) is 0 Å². The second-order valence-electron chi connectivity index (χ2n) is 5.03. The molecule has 4 heteroatoms. The van der Waals surface area contributed by atoms with Crippen LogP contribution >= 0.6 is 0 Å². The average Bonchev–Trinajstić information content (AvgIpc) is 2.91. The Kier molecular flexibility index (Phi) is 5.18. The van der Waals surface area contributed by atoms with E-state index in [9.17, 15) is 5.11 Å². The molecule has 0 spiro atoms. The van der Waals surface area contributed by atoms with Gasteiger partial charge in [0, 0.05) is 19.3 Å². The molecule has 0 bridgehead atoms. The van der Waals surface area contributed by atoms with Crippen LogP contribution < -0.4 is 5.32 Å². The Bertz CT molecular complexity index is 515. The standard InChI is InChI=1S/C16H23N3O/c1-3-15(4-2)19-10-9-14(18-19)12-17-11-13-5-7-16(20)8-6-13/h5-10,15,17,20H,3-4,11-12H2,1-2H3. The normalized spacial score (nSPS) is 11.2. The van der Waals surface area contributed by atoms with Crippen molar-refractivity contribution in [3.8, 4) is 5.75 Å². The van der Waals surface area contributed by atoms with E-state index in [-0.39, 0.29) is 0 Å². The van der Waals surface area contributed by atoms with Crippen LogP contribution in [0.5, 0.6) is 5.75 Å². The molecular weight excluding hydrogens is 250 g/mol. The van der Waals surface area contributed by atoms with Crippen LogP contribution in [0.4, 0.5) is 0 Å². The Labute approximate surface area is 120 Å². The van der Waals surface area contributed by atoms with Crippen molar-refractivity contribution >= 4 is 0 Å². The summed E-state index contributed by atoms with van der Waals surface area (Å²) in [4.78, 5) is 0. The summed E-state index contributed by atoms with van der Waals surface area (Å²) in [5, 5.41) is 17.2. The summed E-state index contributed by atoms with van der Waals surface area (Å²) in [6.07, 6.45) is 4.28. The molecule has 0 radical (unpaired) electrons. The summed E-state index contributed by atoms with van der Waals surface area (Å²) in [7, 11) is 0. The average molecular weight is 273 g/mol. The number of aromatic nitrogens is 2. The summed E-state index contributed by atoms with van der Waals surface area (Å²) in [5.74, 6) is 0.303. The van der Waals surface area contributed by atoms with Crippen molar-refractivity contribution < 1.29 is 5.11 Å². The zero-order chi connectivity index (χ0) is 14.4. The van der Waals surface area contributed by atoms with Gasteiger partial charge in [0.2, 0.25) is 0 Å². The van der Waals surface area contributed by atoms with Gasteiger partial charge in [-0.25, -0.2) is 0 Å². The van der Waals surface area contributed by atoms with E-state index in [4.69, 9.17) is 0 Å². The fraction of sp³-hybridized carbons (Fsp3) is 0.438. The first-order valence-electron chi connectivity index (χ1n) is 7.25. The van der Waals surface area contributed by atoms with Crippen LogP contribution in [0, 0.1) is 0 Å². The van der Waals surface area contributed by atoms with E-state index < -0.39 is 0 Å². The molecular formula is C16H23N3O. The summed E-state index contributed by atoms with van der Waals surface area (Å²) in [5.41, 5.74) is 2.22. The maximum atomic E-state index is 9.23. The van der Waals surface area contributed by atoms with E-state index in [0.29, 0.717) is 11.8 Å². The molecule has 0 amide bonds. The van der Waals surface area contributed by atoms with Crippen molar-refractivity contribution in [2.75, 3.05) is 0 Å². The van der Waals surface area contributed by atoms with Crippen LogP contribution in [0.3, 0.4) is 0 Å². The molecule has 2 aromatic rings. The van der Waals surface area contributed by atoms with Crippen molar-refractivity contribution in [2.24, 2.45) is 0 Å². The number of phenols is 1. The molecule has 2 N–H and O–H groups in total. The lowest BCUT2D eigenvalue weighted by molar-refractivity contribution is 0.424. The predicted molar refractivity (Wildman–Crippen MR) is 80.5 cm³/mol. The highest BCUT2D eigenvalue weighted by molar-refractivity contribution is 5.25. The lowest BCUT2D eigenvalue weighted by Gasteiger charge is -2.12. The fourth-order valence-corrected chi connectivity index (χ4v) is 2.29. The molecule has 1 aromatic heterocycles. The monoisotopic (exact) mass is 273 g/mol. The largest absolute Gasteiger partial charge is 0.508 e. The van der Waals surface area contributed by atoms with Crippen LogP contribution in [0.1, 0.15) is 44.0 Å². The molecule has 0 aliphatic heterocycles. The third kappa shape index (κ3) is 3.84. The predicted octanol–water partition coefficient (Wildman–Crippen LogP) is 3.24. The van der Waals surface area contributed by atoms with E-state index >= 15 is 0 Å². The van der Waals surface area contributed by atoms with Gasteiger partial charge in [-0.3, -0.25) is 4.68 Å². The second-order valence-corrected chi connectivity index (χ2v) is 5.03. The number of hydrogen-bond donors (Lipinski definition) is 2. The Balaban J connectivity index is 1.84. The maximum absolute atomic E-state index is 9.23. The summed E-state index contributed by atoms with van der Waals surface area (Å²) >= 11 is 0. The van der Waals surface area contributed by atoms with Gasteiger partial charge < -0.3 is 10.4 Å². The molecule has 0 unspecified atom stereocenters. The number of phenolic OH excluding ortho intramolecular Hbond substituents is 1. The number of aromatic hydroxyl groups is 1. The minimum atomic E-state index is 0.303. The highest BCUT2D eigenvalue weighted by atomic mass is 16.3. The zero-order valence-corrected chi connectivity index (χ0v) is 12.2. The zero-order valence-electron chi connectivity index (χ0n) is 12.2. The van der Waals surface area contributed by atoms with E-state index in [0.717, 1.165) is 37.2 Å². The van der Waals surface area contributed by atoms with Crippen molar-refractivity contribution in [3.05, 3.63) is 47.8 Å². The van der Waals surface area contributed by atoms with Gasteiger partial charge in [0.1, 0.15) is 5.75 Å². The van der Waals surface area contributed by atoms with Crippen LogP contribution in [0.25, 0.3) is 0 Å². The minimum absolute atomic E-state index is 0.303. The Morgan fingerprint density at radius 3 is 2.45 bits per heavy atom. The molecule has 0 saturated heterocycles. The Morgan fingerprint density at radius 2 is 1.80 bits per heavy atom. The van der Waals surface area contributed by atoms with E-state index in [1.54, 1.807) is 12.1 Å². The Hall–Kier alpha value is -1.81. The van der Waals surface area contributed by atoms with Crippen molar-refractivity contribution in [2.45, 2.75) is 45.8 Å². The van der Waals surface area contributed by atoms with E-state index in [1.807, 2.05) is 12.1 Å². The number of nitrogens with zero attached hydrogens (tertiary/aromatic N) is 2. The quantitative estimate of drug-likeness (QED) is 0.814. The maximum Gasteiger partial charge on any atom is 0.115 e. The van der Waals surface area contributed by atoms with Crippen LogP contribution in [-0.2, 0) is 13.1 Å². The summed E-state index contributed by atoms with van der Waals surface area (Å²) < 4.78 is 2.07. The van der Waals surface area contributed by atoms with Gasteiger partial charge in [-0.1, -0.05) is 26.0 Å².